The van der Waals surface area contributed by atoms with Crippen LogP contribution in [0.25, 0.3) is 23.3 Å². The summed E-state index contributed by atoms with van der Waals surface area (Å²) in [5.41, 5.74) is 2.99. The van der Waals surface area contributed by atoms with E-state index in [2.05, 4.69) is 0 Å². The number of esters is 1. The first kappa shape index (κ1) is 26.4. The molecule has 5 rings (SSSR count). The molecule has 1 aromatic heterocycles. The summed E-state index contributed by atoms with van der Waals surface area (Å²) in [6.07, 6.45) is 3.64. The van der Waals surface area contributed by atoms with Gasteiger partial charge in [0.25, 0.3) is 5.56 Å². The lowest BCUT2D eigenvalue weighted by molar-refractivity contribution is 0.0601. The molecular weight excluding hydrogens is 500 g/mol. The molecule has 0 amide bonds. The van der Waals surface area contributed by atoms with Gasteiger partial charge < -0.3 is 4.74 Å². The number of hydrogen-bond acceptors (Lipinski definition) is 4. The monoisotopic (exact) mass is 528 g/mol. The van der Waals surface area contributed by atoms with Crippen LogP contribution in [0.3, 0.4) is 0 Å². The van der Waals surface area contributed by atoms with Crippen molar-refractivity contribution in [1.82, 2.24) is 9.13 Å². The summed E-state index contributed by atoms with van der Waals surface area (Å²) in [5, 5.41) is 0. The fourth-order valence-electron chi connectivity index (χ4n) is 4.69. The zero-order valence-corrected chi connectivity index (χ0v) is 22.1. The molecule has 0 saturated carbocycles. The van der Waals surface area contributed by atoms with E-state index in [-0.39, 0.29) is 24.2 Å². The highest BCUT2D eigenvalue weighted by Crippen LogP contribution is 2.26. The van der Waals surface area contributed by atoms with Crippen molar-refractivity contribution in [1.29, 1.82) is 0 Å². The maximum Gasteiger partial charge on any atom is 0.338 e. The summed E-state index contributed by atoms with van der Waals surface area (Å²) in [5.74, 6) is -0.566. The highest BCUT2D eigenvalue weighted by atomic mass is 16.5. The van der Waals surface area contributed by atoms with E-state index >= 15 is 0 Å². The van der Waals surface area contributed by atoms with Crippen LogP contribution in [0.15, 0.2) is 125 Å². The fraction of sp³-hybridized carbons (Fsp3) is 0.0882. The second-order valence-corrected chi connectivity index (χ2v) is 9.27. The average Bonchev–Trinajstić information content (AvgIpc) is 3.01. The van der Waals surface area contributed by atoms with E-state index in [9.17, 15) is 14.4 Å². The van der Waals surface area contributed by atoms with Crippen molar-refractivity contribution < 1.29 is 9.53 Å². The second-order valence-electron chi connectivity index (χ2n) is 9.27. The maximum atomic E-state index is 14.3. The van der Waals surface area contributed by atoms with Gasteiger partial charge in [-0.3, -0.25) is 13.9 Å². The molecule has 4 aromatic carbocycles. The Balaban J connectivity index is 1.85. The van der Waals surface area contributed by atoms with E-state index in [4.69, 9.17) is 4.74 Å². The van der Waals surface area contributed by atoms with Gasteiger partial charge in [-0.2, -0.15) is 0 Å². The maximum absolute atomic E-state index is 14.3. The molecule has 0 aliphatic carbocycles. The lowest BCUT2D eigenvalue weighted by atomic mass is 9.98. The largest absolute Gasteiger partial charge is 0.465 e. The summed E-state index contributed by atoms with van der Waals surface area (Å²) < 4.78 is 7.89. The Morgan fingerprint density at radius 3 is 1.80 bits per heavy atom. The van der Waals surface area contributed by atoms with E-state index in [1.807, 2.05) is 97.1 Å². The first-order valence-electron chi connectivity index (χ1n) is 12.9. The van der Waals surface area contributed by atoms with Crippen LogP contribution < -0.4 is 11.2 Å². The Bertz CT molecular complexity index is 1770. The van der Waals surface area contributed by atoms with Gasteiger partial charge in [0.2, 0.25) is 0 Å². The van der Waals surface area contributed by atoms with Crippen molar-refractivity contribution in [2.75, 3.05) is 7.11 Å². The summed E-state index contributed by atoms with van der Waals surface area (Å²) in [6.45, 7) is 0.319. The number of benzene rings is 4. The van der Waals surface area contributed by atoms with Crippen LogP contribution in [-0.4, -0.2) is 22.2 Å². The third-order valence-corrected chi connectivity index (χ3v) is 6.67. The number of hydrogen-bond donors (Lipinski definition) is 0. The molecule has 40 heavy (non-hydrogen) atoms. The number of methoxy groups -OCH3 is 1. The molecule has 0 unspecified atom stereocenters. The van der Waals surface area contributed by atoms with Crippen LogP contribution >= 0.6 is 0 Å². The molecule has 0 spiro atoms. The quantitative estimate of drug-likeness (QED) is 0.241. The zero-order valence-electron chi connectivity index (χ0n) is 22.1. The topological polar surface area (TPSA) is 70.3 Å². The highest BCUT2D eigenvalue weighted by Gasteiger charge is 2.23. The SMILES string of the molecule is COC(=O)c1ccccc1-c1c(/C=C/c2ccccc2)n(Cc2ccccc2)c(=O)n(Cc2ccccc2)c1=O. The summed E-state index contributed by atoms with van der Waals surface area (Å²) in [7, 11) is 1.30. The molecule has 0 fully saturated rings. The third kappa shape index (κ3) is 5.61. The van der Waals surface area contributed by atoms with Crippen LogP contribution in [0.1, 0.15) is 32.7 Å². The van der Waals surface area contributed by atoms with Crippen LogP contribution in [0.5, 0.6) is 0 Å². The number of carbonyl (C=O) groups excluding carboxylic acids is 1. The van der Waals surface area contributed by atoms with Gasteiger partial charge in [-0.15, -0.1) is 0 Å². The minimum Gasteiger partial charge on any atom is -0.465 e. The first-order chi connectivity index (χ1) is 19.6. The molecule has 0 atom stereocenters. The van der Waals surface area contributed by atoms with Crippen molar-refractivity contribution in [2.24, 2.45) is 0 Å². The lowest BCUT2D eigenvalue weighted by Gasteiger charge is -2.19. The zero-order chi connectivity index (χ0) is 27.9. The minimum atomic E-state index is -0.566. The minimum absolute atomic E-state index is 0.0867. The Morgan fingerprint density at radius 2 is 1.20 bits per heavy atom. The molecule has 0 N–H and O–H groups in total. The van der Waals surface area contributed by atoms with Crippen LogP contribution in [0.2, 0.25) is 0 Å². The molecule has 6 nitrogen and oxygen atoms in total. The van der Waals surface area contributed by atoms with Gasteiger partial charge in [0.1, 0.15) is 0 Å². The number of carbonyl (C=O) groups is 1. The Kier molecular flexibility index (Phi) is 7.97. The van der Waals surface area contributed by atoms with Gasteiger partial charge in [-0.05, 0) is 28.8 Å². The molecule has 198 valence electrons. The smallest absolute Gasteiger partial charge is 0.338 e. The van der Waals surface area contributed by atoms with Gasteiger partial charge >= 0.3 is 11.7 Å². The van der Waals surface area contributed by atoms with E-state index < -0.39 is 17.2 Å². The fourth-order valence-corrected chi connectivity index (χ4v) is 4.69. The average molecular weight is 529 g/mol. The Morgan fingerprint density at radius 1 is 0.675 bits per heavy atom. The molecule has 0 radical (unpaired) electrons. The predicted octanol–water partition coefficient (Wildman–Crippen LogP) is 5.73. The van der Waals surface area contributed by atoms with Gasteiger partial charge in [0.15, 0.2) is 0 Å². The molecule has 0 bridgehead atoms. The van der Waals surface area contributed by atoms with Crippen molar-refractivity contribution >= 4 is 18.1 Å². The molecule has 0 saturated heterocycles. The summed E-state index contributed by atoms with van der Waals surface area (Å²) in [6, 6.07) is 35.4. The molecule has 6 heteroatoms. The van der Waals surface area contributed by atoms with Crippen molar-refractivity contribution in [2.45, 2.75) is 13.1 Å². The van der Waals surface area contributed by atoms with Crippen LogP contribution in [0, 0.1) is 0 Å². The van der Waals surface area contributed by atoms with Crippen LogP contribution in [-0.2, 0) is 17.8 Å². The van der Waals surface area contributed by atoms with Crippen molar-refractivity contribution in [3.63, 3.8) is 0 Å². The number of nitrogens with zero attached hydrogens (tertiary/aromatic N) is 2. The van der Waals surface area contributed by atoms with Gasteiger partial charge in [0, 0.05) is 5.56 Å². The van der Waals surface area contributed by atoms with Gasteiger partial charge in [-0.25, -0.2) is 9.59 Å². The Hall–Kier alpha value is -5.23. The molecule has 1 heterocycles. The Labute approximate surface area is 232 Å². The van der Waals surface area contributed by atoms with E-state index in [0.717, 1.165) is 16.7 Å². The van der Waals surface area contributed by atoms with E-state index in [1.165, 1.54) is 11.7 Å². The summed E-state index contributed by atoms with van der Waals surface area (Å²) >= 11 is 0. The van der Waals surface area contributed by atoms with E-state index in [1.54, 1.807) is 34.9 Å². The standard InChI is InChI=1S/C34H28N2O4/c1-40-33(38)29-20-12-11-19-28(29)31-30(22-21-25-13-5-2-6-14-25)35(23-26-15-7-3-8-16-26)34(39)36(32(31)37)24-27-17-9-4-10-18-27/h2-22H,23-24H2,1H3/b22-21+. The number of rotatable bonds is 8. The van der Waals surface area contributed by atoms with Gasteiger partial charge in [0.05, 0.1) is 37.0 Å². The predicted molar refractivity (Wildman–Crippen MR) is 158 cm³/mol. The van der Waals surface area contributed by atoms with Gasteiger partial charge in [-0.1, -0.05) is 115 Å². The molecule has 5 aromatic rings. The van der Waals surface area contributed by atoms with Crippen molar-refractivity contribution in [3.8, 4) is 11.1 Å². The van der Waals surface area contributed by atoms with Crippen LogP contribution in [0.4, 0.5) is 0 Å². The summed E-state index contributed by atoms with van der Waals surface area (Å²) in [4.78, 5) is 41.2. The number of ether oxygens (including phenoxy) is 1. The normalized spacial score (nSPS) is 11.0. The second kappa shape index (κ2) is 12.1. The molecule has 0 aliphatic heterocycles. The molecular formula is C34H28N2O4. The first-order valence-corrected chi connectivity index (χ1v) is 12.9. The lowest BCUT2D eigenvalue weighted by Crippen LogP contribution is -2.42. The van der Waals surface area contributed by atoms with Crippen molar-refractivity contribution in [3.05, 3.63) is 164 Å². The third-order valence-electron chi connectivity index (χ3n) is 6.67. The molecule has 0 aliphatic rings. The van der Waals surface area contributed by atoms with E-state index in [0.29, 0.717) is 11.3 Å². The number of aromatic nitrogens is 2. The highest BCUT2D eigenvalue weighted by molar-refractivity contribution is 5.98.